The van der Waals surface area contributed by atoms with Gasteiger partial charge in [-0.3, -0.25) is 4.79 Å². The number of hydrogen-bond acceptors (Lipinski definition) is 2. The molecule has 0 amide bonds. The molecule has 3 nitrogen and oxygen atoms in total. The summed E-state index contributed by atoms with van der Waals surface area (Å²) < 4.78 is 0. The van der Waals surface area contributed by atoms with Crippen molar-refractivity contribution in [3.63, 3.8) is 0 Å². The fourth-order valence-electron chi connectivity index (χ4n) is 1.62. The molecule has 0 aliphatic heterocycles. The van der Waals surface area contributed by atoms with Gasteiger partial charge < -0.3 is 0 Å². The molecule has 15 heavy (non-hydrogen) atoms. The van der Waals surface area contributed by atoms with Crippen molar-refractivity contribution < 1.29 is 0 Å². The van der Waals surface area contributed by atoms with E-state index in [1.54, 1.807) is 12.3 Å². The minimum absolute atomic E-state index is 0.0953. The molecule has 3 heteroatoms. The minimum Gasteiger partial charge on any atom is -0.268 e. The molecule has 1 aromatic carbocycles. The third kappa shape index (κ3) is 1.96. The van der Waals surface area contributed by atoms with E-state index in [1.165, 1.54) is 0 Å². The molecule has 1 unspecified atom stereocenters. The Balaban J connectivity index is 2.42. The number of benzene rings is 1. The van der Waals surface area contributed by atoms with Crippen LogP contribution in [0.5, 0.6) is 0 Å². The maximum Gasteiger partial charge on any atom is 0.267 e. The van der Waals surface area contributed by atoms with Crippen molar-refractivity contribution >= 4 is 0 Å². The highest BCUT2D eigenvalue weighted by atomic mass is 16.1. The Hall–Kier alpha value is -1.90. The summed E-state index contributed by atoms with van der Waals surface area (Å²) >= 11 is 0. The number of aromatic amines is 1. The van der Waals surface area contributed by atoms with Crippen LogP contribution in [0.3, 0.4) is 0 Å². The molecule has 1 heterocycles. The predicted octanol–water partition coefficient (Wildman–Crippen LogP) is 1.92. The molecular formula is C12H12N2O. The van der Waals surface area contributed by atoms with E-state index in [-0.39, 0.29) is 11.5 Å². The van der Waals surface area contributed by atoms with Gasteiger partial charge in [0.2, 0.25) is 0 Å². The van der Waals surface area contributed by atoms with Gasteiger partial charge in [-0.05, 0) is 11.6 Å². The van der Waals surface area contributed by atoms with E-state index in [2.05, 4.69) is 10.2 Å². The number of aromatic nitrogens is 2. The van der Waals surface area contributed by atoms with Crippen molar-refractivity contribution in [3.05, 3.63) is 64.1 Å². The summed E-state index contributed by atoms with van der Waals surface area (Å²) in [6, 6.07) is 11.7. The van der Waals surface area contributed by atoms with E-state index < -0.39 is 0 Å². The average molecular weight is 200 g/mol. The molecular weight excluding hydrogens is 188 g/mol. The van der Waals surface area contributed by atoms with Crippen LogP contribution in [-0.2, 0) is 0 Å². The zero-order valence-corrected chi connectivity index (χ0v) is 8.47. The lowest BCUT2D eigenvalue weighted by Crippen LogP contribution is -2.16. The summed E-state index contributed by atoms with van der Waals surface area (Å²) in [6.45, 7) is 2.01. The van der Waals surface area contributed by atoms with Gasteiger partial charge in [0.05, 0.1) is 0 Å². The van der Waals surface area contributed by atoms with Crippen molar-refractivity contribution in [1.82, 2.24) is 10.2 Å². The standard InChI is InChI=1S/C12H12N2O/c1-9(10-5-3-2-4-6-10)11-7-8-13-14-12(11)15/h2-9H,1H3,(H,14,15). The SMILES string of the molecule is CC(c1ccccc1)c1ccn[nH]c1=O. The number of H-pyrrole nitrogens is 1. The van der Waals surface area contributed by atoms with Gasteiger partial charge in [-0.15, -0.1) is 0 Å². The molecule has 0 spiro atoms. The highest BCUT2D eigenvalue weighted by molar-refractivity contribution is 5.28. The Morgan fingerprint density at radius 3 is 2.60 bits per heavy atom. The first-order chi connectivity index (χ1) is 7.29. The van der Waals surface area contributed by atoms with Gasteiger partial charge in [-0.1, -0.05) is 37.3 Å². The second kappa shape index (κ2) is 4.09. The summed E-state index contributed by atoms with van der Waals surface area (Å²) in [6.07, 6.45) is 1.61. The minimum atomic E-state index is -0.117. The number of rotatable bonds is 2. The van der Waals surface area contributed by atoms with Crippen LogP contribution in [-0.4, -0.2) is 10.2 Å². The largest absolute Gasteiger partial charge is 0.268 e. The summed E-state index contributed by atoms with van der Waals surface area (Å²) in [4.78, 5) is 11.5. The first-order valence-electron chi connectivity index (χ1n) is 4.87. The normalized spacial score (nSPS) is 12.3. The van der Waals surface area contributed by atoms with E-state index in [1.807, 2.05) is 37.3 Å². The maximum absolute atomic E-state index is 11.5. The molecule has 2 aromatic rings. The molecule has 0 fully saturated rings. The van der Waals surface area contributed by atoms with E-state index in [0.717, 1.165) is 11.1 Å². The van der Waals surface area contributed by atoms with Crippen LogP contribution in [0.4, 0.5) is 0 Å². The summed E-state index contributed by atoms with van der Waals surface area (Å²) in [7, 11) is 0. The predicted molar refractivity (Wildman–Crippen MR) is 58.8 cm³/mol. The molecule has 1 atom stereocenters. The molecule has 0 radical (unpaired) electrons. The fraction of sp³-hybridized carbons (Fsp3) is 0.167. The van der Waals surface area contributed by atoms with Gasteiger partial charge in [0.25, 0.3) is 5.56 Å². The van der Waals surface area contributed by atoms with Crippen LogP contribution in [0.15, 0.2) is 47.4 Å². The molecule has 1 aromatic heterocycles. The lowest BCUT2D eigenvalue weighted by molar-refractivity contribution is 0.858. The van der Waals surface area contributed by atoms with Gasteiger partial charge in [0, 0.05) is 17.7 Å². The van der Waals surface area contributed by atoms with Crippen molar-refractivity contribution in [3.8, 4) is 0 Å². The number of nitrogens with zero attached hydrogens (tertiary/aromatic N) is 1. The third-order valence-corrected chi connectivity index (χ3v) is 2.52. The highest BCUT2D eigenvalue weighted by Gasteiger charge is 2.10. The quantitative estimate of drug-likeness (QED) is 0.805. The van der Waals surface area contributed by atoms with Crippen LogP contribution in [0.25, 0.3) is 0 Å². The van der Waals surface area contributed by atoms with Gasteiger partial charge >= 0.3 is 0 Å². The van der Waals surface area contributed by atoms with Crippen molar-refractivity contribution in [1.29, 1.82) is 0 Å². The van der Waals surface area contributed by atoms with Crippen molar-refractivity contribution in [2.24, 2.45) is 0 Å². The lowest BCUT2D eigenvalue weighted by atomic mass is 9.95. The fourth-order valence-corrected chi connectivity index (χ4v) is 1.62. The Labute approximate surface area is 87.8 Å². The second-order valence-electron chi connectivity index (χ2n) is 3.47. The molecule has 0 aliphatic rings. The molecule has 1 N–H and O–H groups in total. The van der Waals surface area contributed by atoms with Crippen LogP contribution in [0.2, 0.25) is 0 Å². The molecule has 0 aliphatic carbocycles. The van der Waals surface area contributed by atoms with Gasteiger partial charge in [0.1, 0.15) is 0 Å². The summed E-state index contributed by atoms with van der Waals surface area (Å²) in [5.41, 5.74) is 1.76. The van der Waals surface area contributed by atoms with Gasteiger partial charge in [0.15, 0.2) is 0 Å². The maximum atomic E-state index is 11.5. The zero-order chi connectivity index (χ0) is 10.7. The van der Waals surface area contributed by atoms with Crippen LogP contribution in [0.1, 0.15) is 24.0 Å². The molecule has 0 saturated heterocycles. The first-order valence-corrected chi connectivity index (χ1v) is 4.87. The topological polar surface area (TPSA) is 45.8 Å². The average Bonchev–Trinajstić information content (AvgIpc) is 2.30. The Morgan fingerprint density at radius 2 is 1.93 bits per heavy atom. The third-order valence-electron chi connectivity index (χ3n) is 2.52. The van der Waals surface area contributed by atoms with Crippen LogP contribution >= 0.6 is 0 Å². The van der Waals surface area contributed by atoms with Crippen LogP contribution < -0.4 is 5.56 Å². The molecule has 0 saturated carbocycles. The first kappa shape index (κ1) is 9.65. The highest BCUT2D eigenvalue weighted by Crippen LogP contribution is 2.19. The smallest absolute Gasteiger partial charge is 0.267 e. The molecule has 2 rings (SSSR count). The van der Waals surface area contributed by atoms with Crippen molar-refractivity contribution in [2.45, 2.75) is 12.8 Å². The van der Waals surface area contributed by atoms with Gasteiger partial charge in [-0.2, -0.15) is 5.10 Å². The van der Waals surface area contributed by atoms with Crippen molar-refractivity contribution in [2.75, 3.05) is 0 Å². The number of hydrogen-bond donors (Lipinski definition) is 1. The summed E-state index contributed by atoms with van der Waals surface area (Å²) in [5, 5.41) is 6.13. The molecule has 76 valence electrons. The van der Waals surface area contributed by atoms with Crippen LogP contribution in [0, 0.1) is 0 Å². The van der Waals surface area contributed by atoms with E-state index in [0.29, 0.717) is 0 Å². The Bertz CT molecular complexity index is 490. The zero-order valence-electron chi connectivity index (χ0n) is 8.47. The van der Waals surface area contributed by atoms with E-state index in [9.17, 15) is 4.79 Å². The monoisotopic (exact) mass is 200 g/mol. The number of nitrogens with one attached hydrogen (secondary N) is 1. The van der Waals surface area contributed by atoms with E-state index in [4.69, 9.17) is 0 Å². The molecule has 0 bridgehead atoms. The summed E-state index contributed by atoms with van der Waals surface area (Å²) in [5.74, 6) is 0.0953. The Kier molecular flexibility index (Phi) is 2.63. The Morgan fingerprint density at radius 1 is 1.20 bits per heavy atom. The lowest BCUT2D eigenvalue weighted by Gasteiger charge is -2.10. The van der Waals surface area contributed by atoms with Gasteiger partial charge in [-0.25, -0.2) is 5.10 Å². The second-order valence-corrected chi connectivity index (χ2v) is 3.47. The van der Waals surface area contributed by atoms with E-state index >= 15 is 0 Å².